The molecule has 6 nitrogen and oxygen atoms in total. The zero-order chi connectivity index (χ0) is 24.8. The van der Waals surface area contributed by atoms with Crippen LogP contribution < -0.4 is 5.32 Å². The second-order valence-electron chi connectivity index (χ2n) is 8.79. The first kappa shape index (κ1) is 25.0. The molecule has 2 aromatic carbocycles. The summed E-state index contributed by atoms with van der Waals surface area (Å²) in [5, 5.41) is 12.3. The molecule has 1 N–H and O–H groups in total. The van der Waals surface area contributed by atoms with Crippen LogP contribution in [0.25, 0.3) is 11.1 Å². The molecule has 0 radical (unpaired) electrons. The molecule has 1 unspecified atom stereocenters. The molecule has 0 saturated carbocycles. The van der Waals surface area contributed by atoms with Crippen LogP contribution in [0, 0.1) is 17.2 Å². The number of anilines is 1. The Hall–Kier alpha value is -3.11. The van der Waals surface area contributed by atoms with Crippen molar-refractivity contribution in [2.24, 2.45) is 5.92 Å². The molecule has 1 aliphatic heterocycles. The SMILES string of the molecule is CN1CCC(C(COC(=O)Nc2cc(Cl)nc(Cl)c2)c2ccc(-c3cccc(C#N)c3)cc2)CC1. The summed E-state index contributed by atoms with van der Waals surface area (Å²) in [6.07, 6.45) is 1.51. The van der Waals surface area contributed by atoms with Gasteiger partial charge in [-0.25, -0.2) is 9.78 Å². The summed E-state index contributed by atoms with van der Waals surface area (Å²) >= 11 is 11.8. The first-order valence-corrected chi connectivity index (χ1v) is 12.2. The largest absolute Gasteiger partial charge is 0.449 e. The fraction of sp³-hybridized carbons (Fsp3) is 0.296. The lowest BCUT2D eigenvalue weighted by atomic mass is 9.80. The molecule has 1 fully saturated rings. The average molecular weight is 509 g/mol. The van der Waals surface area contributed by atoms with Crippen LogP contribution in [-0.2, 0) is 4.74 Å². The van der Waals surface area contributed by atoms with Gasteiger partial charge in [0.1, 0.15) is 16.9 Å². The van der Waals surface area contributed by atoms with Crippen molar-refractivity contribution in [3.05, 3.63) is 82.1 Å². The second-order valence-corrected chi connectivity index (χ2v) is 9.56. The number of piperidine rings is 1. The van der Waals surface area contributed by atoms with Gasteiger partial charge in [0.15, 0.2) is 0 Å². The minimum atomic E-state index is -0.564. The minimum absolute atomic E-state index is 0.0681. The van der Waals surface area contributed by atoms with E-state index in [-0.39, 0.29) is 22.8 Å². The molecule has 1 atom stereocenters. The number of halogens is 2. The average Bonchev–Trinajstić information content (AvgIpc) is 2.85. The summed E-state index contributed by atoms with van der Waals surface area (Å²) in [5.41, 5.74) is 4.23. The first-order valence-electron chi connectivity index (χ1n) is 11.5. The Balaban J connectivity index is 1.49. The number of hydrogen-bond acceptors (Lipinski definition) is 5. The number of hydrogen-bond donors (Lipinski definition) is 1. The maximum atomic E-state index is 12.5. The van der Waals surface area contributed by atoms with Gasteiger partial charge in [0, 0.05) is 5.92 Å². The predicted octanol–water partition coefficient (Wildman–Crippen LogP) is 6.60. The van der Waals surface area contributed by atoms with Gasteiger partial charge in [0.25, 0.3) is 0 Å². The topological polar surface area (TPSA) is 78.2 Å². The van der Waals surface area contributed by atoms with Crippen molar-refractivity contribution >= 4 is 35.0 Å². The van der Waals surface area contributed by atoms with Crippen LogP contribution in [-0.4, -0.2) is 42.7 Å². The zero-order valence-electron chi connectivity index (χ0n) is 19.4. The van der Waals surface area contributed by atoms with Crippen LogP contribution in [0.4, 0.5) is 10.5 Å². The van der Waals surface area contributed by atoms with Gasteiger partial charge in [-0.05, 0) is 79.9 Å². The summed E-state index contributed by atoms with van der Waals surface area (Å²) in [7, 11) is 2.13. The second kappa shape index (κ2) is 11.5. The highest BCUT2D eigenvalue weighted by molar-refractivity contribution is 6.32. The number of aromatic nitrogens is 1. The number of pyridine rings is 1. The fourth-order valence-corrected chi connectivity index (χ4v) is 4.94. The van der Waals surface area contributed by atoms with Gasteiger partial charge in [-0.2, -0.15) is 5.26 Å². The van der Waals surface area contributed by atoms with Gasteiger partial charge in [-0.3, -0.25) is 5.32 Å². The molecule has 1 aliphatic rings. The van der Waals surface area contributed by atoms with Gasteiger partial charge >= 0.3 is 6.09 Å². The molecule has 180 valence electrons. The standard InChI is InChI=1S/C27H26Cl2N4O2/c1-33-11-9-21(10-12-33)24(17-35-27(34)31-23-14-25(28)32-26(29)15-23)20-7-5-19(6-8-20)22-4-2-3-18(13-22)16-30/h2-8,13-15,21,24H,9-12,17H2,1H3,(H,31,32,34). The smallest absolute Gasteiger partial charge is 0.411 e. The van der Waals surface area contributed by atoms with Crippen molar-refractivity contribution in [1.82, 2.24) is 9.88 Å². The van der Waals surface area contributed by atoms with E-state index < -0.39 is 6.09 Å². The van der Waals surface area contributed by atoms with Crippen LogP contribution >= 0.6 is 23.2 Å². The van der Waals surface area contributed by atoms with Crippen LogP contribution in [0.15, 0.2) is 60.7 Å². The lowest BCUT2D eigenvalue weighted by molar-refractivity contribution is 0.123. The van der Waals surface area contributed by atoms with Crippen molar-refractivity contribution in [2.45, 2.75) is 18.8 Å². The van der Waals surface area contributed by atoms with Crippen molar-refractivity contribution < 1.29 is 9.53 Å². The number of nitrogens with one attached hydrogen (secondary N) is 1. The minimum Gasteiger partial charge on any atom is -0.449 e. The molecule has 3 aromatic rings. The highest BCUT2D eigenvalue weighted by Crippen LogP contribution is 2.34. The van der Waals surface area contributed by atoms with Crippen LogP contribution in [0.5, 0.6) is 0 Å². The van der Waals surface area contributed by atoms with E-state index in [0.29, 0.717) is 17.2 Å². The summed E-state index contributed by atoms with van der Waals surface area (Å²) in [6.45, 7) is 2.29. The Morgan fingerprint density at radius 3 is 2.46 bits per heavy atom. The molecule has 0 aliphatic carbocycles. The van der Waals surface area contributed by atoms with Crippen molar-refractivity contribution in [3.63, 3.8) is 0 Å². The van der Waals surface area contributed by atoms with Crippen LogP contribution in [0.3, 0.4) is 0 Å². The number of likely N-dealkylation sites (tertiary alicyclic amines) is 1. The summed E-state index contributed by atoms with van der Waals surface area (Å²) < 4.78 is 5.66. The zero-order valence-corrected chi connectivity index (χ0v) is 20.9. The normalized spacial score (nSPS) is 15.3. The Labute approximate surface area is 215 Å². The molecule has 1 saturated heterocycles. The predicted molar refractivity (Wildman–Crippen MR) is 139 cm³/mol. The molecule has 0 spiro atoms. The highest BCUT2D eigenvalue weighted by Gasteiger charge is 2.28. The molecule has 35 heavy (non-hydrogen) atoms. The third-order valence-corrected chi connectivity index (χ3v) is 6.79. The van der Waals surface area contributed by atoms with E-state index in [9.17, 15) is 10.1 Å². The molecule has 2 heterocycles. The molecular weight excluding hydrogens is 483 g/mol. The molecule has 1 amide bonds. The maximum absolute atomic E-state index is 12.5. The maximum Gasteiger partial charge on any atom is 0.411 e. The van der Waals surface area contributed by atoms with Gasteiger partial charge < -0.3 is 9.64 Å². The molecule has 4 rings (SSSR count). The van der Waals surface area contributed by atoms with E-state index in [4.69, 9.17) is 27.9 Å². The highest BCUT2D eigenvalue weighted by atomic mass is 35.5. The van der Waals surface area contributed by atoms with Gasteiger partial charge in [-0.15, -0.1) is 0 Å². The van der Waals surface area contributed by atoms with Crippen molar-refractivity contribution in [1.29, 1.82) is 5.26 Å². The van der Waals surface area contributed by atoms with Crippen molar-refractivity contribution in [3.8, 4) is 17.2 Å². The van der Waals surface area contributed by atoms with Gasteiger partial charge in [-0.1, -0.05) is 59.6 Å². The molecule has 1 aromatic heterocycles. The monoisotopic (exact) mass is 508 g/mol. The van der Waals surface area contributed by atoms with Gasteiger partial charge in [0.2, 0.25) is 0 Å². The lowest BCUT2D eigenvalue weighted by Gasteiger charge is -2.34. The van der Waals surface area contributed by atoms with E-state index in [1.165, 1.54) is 12.1 Å². The Morgan fingerprint density at radius 1 is 1.11 bits per heavy atom. The number of benzene rings is 2. The number of ether oxygens (including phenoxy) is 1. The van der Waals surface area contributed by atoms with Crippen LogP contribution in [0.1, 0.15) is 29.9 Å². The van der Waals surface area contributed by atoms with Crippen molar-refractivity contribution in [2.75, 3.05) is 32.1 Å². The third kappa shape index (κ3) is 6.73. The molecule has 8 heteroatoms. The fourth-order valence-electron chi connectivity index (χ4n) is 4.48. The summed E-state index contributed by atoms with van der Waals surface area (Å²) in [4.78, 5) is 18.7. The van der Waals surface area contributed by atoms with E-state index in [1.807, 2.05) is 18.2 Å². The number of rotatable bonds is 6. The van der Waals surface area contributed by atoms with E-state index in [2.05, 4.69) is 52.6 Å². The number of nitrogens with zero attached hydrogens (tertiary/aromatic N) is 3. The Kier molecular flexibility index (Phi) is 8.25. The Bertz CT molecular complexity index is 1200. The Morgan fingerprint density at radius 2 is 1.80 bits per heavy atom. The molecule has 0 bridgehead atoms. The summed E-state index contributed by atoms with van der Waals surface area (Å²) in [5.74, 6) is 0.468. The summed E-state index contributed by atoms with van der Waals surface area (Å²) in [6, 6.07) is 21.1. The quantitative estimate of drug-likeness (QED) is 0.379. The number of amides is 1. The third-order valence-electron chi connectivity index (χ3n) is 6.40. The number of nitriles is 1. The van der Waals surface area contributed by atoms with E-state index in [1.54, 1.807) is 6.07 Å². The van der Waals surface area contributed by atoms with Crippen LogP contribution in [0.2, 0.25) is 10.3 Å². The van der Waals surface area contributed by atoms with E-state index in [0.717, 1.165) is 42.6 Å². The van der Waals surface area contributed by atoms with E-state index >= 15 is 0 Å². The first-order chi connectivity index (χ1) is 16.9. The van der Waals surface area contributed by atoms with Gasteiger partial charge in [0.05, 0.1) is 17.3 Å². The number of carbonyl (C=O) groups is 1. The lowest BCUT2D eigenvalue weighted by Crippen LogP contribution is -2.34. The molecular formula is C27H26Cl2N4O2. The number of carbonyl (C=O) groups excluding carboxylic acids is 1.